The van der Waals surface area contributed by atoms with Crippen molar-refractivity contribution in [3.63, 3.8) is 0 Å². The Balaban J connectivity index is 1.91. The summed E-state index contributed by atoms with van der Waals surface area (Å²) >= 11 is 1.61. The number of hydrogen-bond acceptors (Lipinski definition) is 4. The van der Waals surface area contributed by atoms with Crippen LogP contribution in [0.3, 0.4) is 0 Å². The van der Waals surface area contributed by atoms with Crippen LogP contribution in [0.15, 0.2) is 24.3 Å². The van der Waals surface area contributed by atoms with E-state index in [1.165, 1.54) is 12.8 Å². The normalized spacial score (nSPS) is 14.1. The first-order valence-electron chi connectivity index (χ1n) is 7.03. The van der Waals surface area contributed by atoms with E-state index in [-0.39, 0.29) is 6.42 Å². The Morgan fingerprint density at radius 3 is 2.95 bits per heavy atom. The van der Waals surface area contributed by atoms with Gasteiger partial charge in [-0.25, -0.2) is 4.98 Å². The van der Waals surface area contributed by atoms with E-state index in [9.17, 15) is 4.79 Å². The van der Waals surface area contributed by atoms with Crippen LogP contribution in [0.25, 0.3) is 10.6 Å². The second kappa shape index (κ2) is 5.85. The molecular weight excluding hydrogens is 286 g/mol. The van der Waals surface area contributed by atoms with Gasteiger partial charge in [-0.15, -0.1) is 11.3 Å². The Labute approximate surface area is 127 Å². The molecule has 1 N–H and O–H groups in total. The molecule has 0 radical (unpaired) electrons. The maximum Gasteiger partial charge on any atom is 0.303 e. The first-order valence-corrected chi connectivity index (χ1v) is 7.85. The van der Waals surface area contributed by atoms with E-state index in [2.05, 4.69) is 0 Å². The number of benzene rings is 1. The van der Waals surface area contributed by atoms with E-state index in [1.54, 1.807) is 18.4 Å². The Morgan fingerprint density at radius 1 is 1.48 bits per heavy atom. The number of ether oxygens (including phenoxy) is 1. The van der Waals surface area contributed by atoms with Crippen molar-refractivity contribution in [2.45, 2.75) is 31.6 Å². The zero-order chi connectivity index (χ0) is 14.8. The lowest BCUT2D eigenvalue weighted by Gasteiger charge is -2.01. The highest BCUT2D eigenvalue weighted by atomic mass is 32.1. The first kappa shape index (κ1) is 14.1. The summed E-state index contributed by atoms with van der Waals surface area (Å²) in [7, 11) is 1.65. The number of aliphatic carboxylic acids is 1. The molecule has 0 aliphatic heterocycles. The van der Waals surface area contributed by atoms with Crippen molar-refractivity contribution in [3.8, 4) is 16.3 Å². The molecule has 1 aliphatic carbocycles. The Kier molecular flexibility index (Phi) is 3.92. The van der Waals surface area contributed by atoms with Gasteiger partial charge in [0, 0.05) is 16.4 Å². The Hall–Kier alpha value is -1.88. The van der Waals surface area contributed by atoms with Crippen LogP contribution < -0.4 is 4.74 Å². The van der Waals surface area contributed by atoms with Gasteiger partial charge in [-0.05, 0) is 31.4 Å². The predicted molar refractivity (Wildman–Crippen MR) is 82.0 cm³/mol. The molecule has 1 aliphatic rings. The number of aromatic nitrogens is 1. The van der Waals surface area contributed by atoms with Gasteiger partial charge >= 0.3 is 5.97 Å². The highest BCUT2D eigenvalue weighted by Crippen LogP contribution is 2.44. The predicted octanol–water partition coefficient (Wildman–Crippen LogP) is 3.71. The molecule has 1 heterocycles. The monoisotopic (exact) mass is 303 g/mol. The van der Waals surface area contributed by atoms with Crippen LogP contribution in [0.1, 0.15) is 35.8 Å². The van der Waals surface area contributed by atoms with Crippen molar-refractivity contribution in [2.75, 3.05) is 7.11 Å². The van der Waals surface area contributed by atoms with Gasteiger partial charge in [-0.2, -0.15) is 0 Å². The van der Waals surface area contributed by atoms with E-state index in [0.717, 1.165) is 26.9 Å². The molecule has 1 aromatic heterocycles. The van der Waals surface area contributed by atoms with E-state index in [0.29, 0.717) is 12.3 Å². The van der Waals surface area contributed by atoms with Crippen LogP contribution in [0.5, 0.6) is 5.75 Å². The van der Waals surface area contributed by atoms with Crippen LogP contribution in [0.4, 0.5) is 0 Å². The number of carbonyl (C=O) groups is 1. The van der Waals surface area contributed by atoms with Crippen molar-refractivity contribution >= 4 is 17.3 Å². The molecule has 0 atom stereocenters. The molecule has 110 valence electrons. The Bertz CT molecular complexity index is 661. The summed E-state index contributed by atoms with van der Waals surface area (Å²) in [5, 5.41) is 9.83. The summed E-state index contributed by atoms with van der Waals surface area (Å²) in [6.07, 6.45) is 3.07. The maximum atomic E-state index is 10.8. The fourth-order valence-corrected chi connectivity index (χ4v) is 3.46. The molecule has 21 heavy (non-hydrogen) atoms. The molecule has 2 aromatic rings. The third-order valence-corrected chi connectivity index (χ3v) is 4.75. The molecule has 1 saturated carbocycles. The number of aryl methyl sites for hydroxylation is 1. The van der Waals surface area contributed by atoms with E-state index >= 15 is 0 Å². The van der Waals surface area contributed by atoms with E-state index < -0.39 is 5.97 Å². The molecular formula is C16H17NO3S. The minimum atomic E-state index is -0.756. The third-order valence-electron chi connectivity index (χ3n) is 3.57. The van der Waals surface area contributed by atoms with E-state index in [1.807, 2.05) is 24.3 Å². The largest absolute Gasteiger partial charge is 0.497 e. The van der Waals surface area contributed by atoms with Gasteiger partial charge in [0.1, 0.15) is 10.8 Å². The molecule has 4 nitrogen and oxygen atoms in total. The smallest absolute Gasteiger partial charge is 0.303 e. The lowest BCUT2D eigenvalue weighted by molar-refractivity contribution is -0.136. The van der Waals surface area contributed by atoms with Crippen LogP contribution >= 0.6 is 11.3 Å². The number of methoxy groups -OCH3 is 1. The van der Waals surface area contributed by atoms with Gasteiger partial charge in [0.05, 0.1) is 19.2 Å². The van der Waals surface area contributed by atoms with Gasteiger partial charge in [-0.1, -0.05) is 12.1 Å². The number of carboxylic acid groups (broad SMARTS) is 1. The lowest BCUT2D eigenvalue weighted by atomic mass is 10.2. The third kappa shape index (κ3) is 3.24. The highest BCUT2D eigenvalue weighted by molar-refractivity contribution is 7.15. The molecule has 1 fully saturated rings. The number of hydrogen-bond donors (Lipinski definition) is 1. The van der Waals surface area contributed by atoms with Crippen molar-refractivity contribution in [1.82, 2.24) is 4.98 Å². The van der Waals surface area contributed by atoms with E-state index in [4.69, 9.17) is 14.8 Å². The standard InChI is InChI=1S/C16H17NO3S/c1-20-12-4-2-3-11(9-12)16-17-15(10-5-6-10)13(21-16)7-8-14(18)19/h2-4,9-10H,5-8H2,1H3,(H,18,19). The molecule has 5 heteroatoms. The topological polar surface area (TPSA) is 59.4 Å². The minimum Gasteiger partial charge on any atom is -0.497 e. The summed E-state index contributed by atoms with van der Waals surface area (Å²) in [6, 6.07) is 7.84. The first-order chi connectivity index (χ1) is 10.2. The molecule has 0 amide bonds. The zero-order valence-corrected chi connectivity index (χ0v) is 12.7. The summed E-state index contributed by atoms with van der Waals surface area (Å²) in [4.78, 5) is 16.7. The quantitative estimate of drug-likeness (QED) is 0.883. The molecule has 0 bridgehead atoms. The van der Waals surface area contributed by atoms with Gasteiger partial charge in [0.15, 0.2) is 0 Å². The van der Waals surface area contributed by atoms with Crippen LogP contribution in [0, 0.1) is 0 Å². The maximum absolute atomic E-state index is 10.8. The number of thiazole rings is 1. The summed E-state index contributed by atoms with van der Waals surface area (Å²) in [5.74, 6) is 0.584. The molecule has 1 aromatic carbocycles. The van der Waals surface area contributed by atoms with Crippen molar-refractivity contribution in [1.29, 1.82) is 0 Å². The highest BCUT2D eigenvalue weighted by Gasteiger charge is 2.29. The molecule has 0 saturated heterocycles. The van der Waals surface area contributed by atoms with Crippen molar-refractivity contribution in [2.24, 2.45) is 0 Å². The fraction of sp³-hybridized carbons (Fsp3) is 0.375. The lowest BCUT2D eigenvalue weighted by Crippen LogP contribution is -1.98. The van der Waals surface area contributed by atoms with Crippen LogP contribution in [-0.2, 0) is 11.2 Å². The van der Waals surface area contributed by atoms with Gasteiger partial charge in [-0.3, -0.25) is 4.79 Å². The molecule has 0 unspecified atom stereocenters. The second-order valence-corrected chi connectivity index (χ2v) is 6.31. The number of nitrogens with zero attached hydrogens (tertiary/aromatic N) is 1. The average Bonchev–Trinajstić information content (AvgIpc) is 3.25. The van der Waals surface area contributed by atoms with Gasteiger partial charge in [0.2, 0.25) is 0 Å². The van der Waals surface area contributed by atoms with Crippen LogP contribution in [0.2, 0.25) is 0 Å². The van der Waals surface area contributed by atoms with Gasteiger partial charge < -0.3 is 9.84 Å². The second-order valence-electron chi connectivity index (χ2n) is 5.23. The van der Waals surface area contributed by atoms with Crippen LogP contribution in [-0.4, -0.2) is 23.2 Å². The summed E-state index contributed by atoms with van der Waals surface area (Å²) in [6.45, 7) is 0. The SMILES string of the molecule is COc1cccc(-c2nc(C3CC3)c(CCC(=O)O)s2)c1. The van der Waals surface area contributed by atoms with Crippen molar-refractivity contribution in [3.05, 3.63) is 34.8 Å². The average molecular weight is 303 g/mol. The molecule has 0 spiro atoms. The van der Waals surface area contributed by atoms with Crippen molar-refractivity contribution < 1.29 is 14.6 Å². The number of rotatable bonds is 6. The molecule has 3 rings (SSSR count). The van der Waals surface area contributed by atoms with Gasteiger partial charge in [0.25, 0.3) is 0 Å². The fourth-order valence-electron chi connectivity index (χ4n) is 2.32. The number of carboxylic acids is 1. The minimum absolute atomic E-state index is 0.166. The summed E-state index contributed by atoms with van der Waals surface area (Å²) in [5.41, 5.74) is 2.14. The summed E-state index contributed by atoms with van der Waals surface area (Å²) < 4.78 is 5.25. The Morgan fingerprint density at radius 2 is 2.29 bits per heavy atom. The zero-order valence-electron chi connectivity index (χ0n) is 11.8.